The monoisotopic (exact) mass is 219 g/mol. The SMILES string of the molecule is CCC=C(C)C(=O)Oc1ccc(CN)cc1. The van der Waals surface area contributed by atoms with Crippen LogP contribution in [-0.2, 0) is 11.3 Å². The molecule has 0 saturated carbocycles. The first kappa shape index (κ1) is 12.5. The molecule has 0 aliphatic carbocycles. The van der Waals surface area contributed by atoms with Gasteiger partial charge in [-0.3, -0.25) is 0 Å². The molecule has 0 saturated heterocycles. The van der Waals surface area contributed by atoms with E-state index in [0.717, 1.165) is 12.0 Å². The second kappa shape index (κ2) is 6.08. The summed E-state index contributed by atoms with van der Waals surface area (Å²) in [4.78, 5) is 11.5. The molecule has 0 radical (unpaired) electrons. The van der Waals surface area contributed by atoms with Crippen LogP contribution in [0.15, 0.2) is 35.9 Å². The Balaban J connectivity index is 2.66. The van der Waals surface area contributed by atoms with Crippen LogP contribution in [0.2, 0.25) is 0 Å². The topological polar surface area (TPSA) is 52.3 Å². The minimum atomic E-state index is -0.303. The van der Waals surface area contributed by atoms with E-state index in [4.69, 9.17) is 10.5 Å². The van der Waals surface area contributed by atoms with E-state index in [9.17, 15) is 4.79 Å². The molecule has 3 nitrogen and oxygen atoms in total. The van der Waals surface area contributed by atoms with Gasteiger partial charge in [0.05, 0.1) is 0 Å². The van der Waals surface area contributed by atoms with Gasteiger partial charge in [0.1, 0.15) is 5.75 Å². The maximum atomic E-state index is 11.5. The Morgan fingerprint density at radius 3 is 2.50 bits per heavy atom. The first-order chi connectivity index (χ1) is 7.67. The van der Waals surface area contributed by atoms with Gasteiger partial charge in [-0.1, -0.05) is 25.1 Å². The lowest BCUT2D eigenvalue weighted by molar-refractivity contribution is -0.130. The third-order valence-electron chi connectivity index (χ3n) is 2.20. The Morgan fingerprint density at radius 2 is 2.00 bits per heavy atom. The molecule has 0 aromatic heterocycles. The molecule has 2 N–H and O–H groups in total. The molecule has 86 valence electrons. The lowest BCUT2D eigenvalue weighted by Crippen LogP contribution is -2.09. The number of rotatable bonds is 4. The Bertz CT molecular complexity index is 379. The molecule has 0 heterocycles. The summed E-state index contributed by atoms with van der Waals surface area (Å²) < 4.78 is 5.18. The molecule has 0 aliphatic heterocycles. The average molecular weight is 219 g/mol. The number of benzene rings is 1. The summed E-state index contributed by atoms with van der Waals surface area (Å²) >= 11 is 0. The Kier molecular flexibility index (Phi) is 4.73. The van der Waals surface area contributed by atoms with E-state index < -0.39 is 0 Å². The van der Waals surface area contributed by atoms with Crippen LogP contribution in [0.4, 0.5) is 0 Å². The van der Waals surface area contributed by atoms with E-state index in [-0.39, 0.29) is 5.97 Å². The van der Waals surface area contributed by atoms with Gasteiger partial charge in [-0.05, 0) is 31.0 Å². The lowest BCUT2D eigenvalue weighted by Gasteiger charge is -2.05. The number of hydrogen-bond acceptors (Lipinski definition) is 3. The zero-order chi connectivity index (χ0) is 12.0. The van der Waals surface area contributed by atoms with Crippen molar-refractivity contribution in [2.45, 2.75) is 26.8 Å². The van der Waals surface area contributed by atoms with Crippen molar-refractivity contribution in [3.63, 3.8) is 0 Å². The Hall–Kier alpha value is -1.61. The van der Waals surface area contributed by atoms with Gasteiger partial charge in [0.2, 0.25) is 0 Å². The minimum absolute atomic E-state index is 0.303. The molecule has 0 aliphatic rings. The second-order valence-corrected chi connectivity index (χ2v) is 3.53. The van der Waals surface area contributed by atoms with Crippen molar-refractivity contribution < 1.29 is 9.53 Å². The van der Waals surface area contributed by atoms with Gasteiger partial charge in [0.15, 0.2) is 0 Å². The zero-order valence-corrected chi connectivity index (χ0v) is 9.69. The molecular formula is C13H17NO2. The van der Waals surface area contributed by atoms with Crippen LogP contribution in [0.3, 0.4) is 0 Å². The maximum Gasteiger partial charge on any atom is 0.338 e. The highest BCUT2D eigenvalue weighted by atomic mass is 16.5. The molecule has 1 aromatic rings. The van der Waals surface area contributed by atoms with Crippen molar-refractivity contribution in [3.05, 3.63) is 41.5 Å². The Morgan fingerprint density at radius 1 is 1.38 bits per heavy atom. The van der Waals surface area contributed by atoms with E-state index in [0.29, 0.717) is 17.9 Å². The summed E-state index contributed by atoms with van der Waals surface area (Å²) in [5.74, 6) is 0.244. The third kappa shape index (κ3) is 3.51. The zero-order valence-electron chi connectivity index (χ0n) is 9.69. The largest absolute Gasteiger partial charge is 0.423 e. The molecule has 0 unspecified atom stereocenters. The van der Waals surface area contributed by atoms with Gasteiger partial charge in [-0.25, -0.2) is 4.79 Å². The highest BCUT2D eigenvalue weighted by Gasteiger charge is 2.06. The fourth-order valence-electron chi connectivity index (χ4n) is 1.27. The molecule has 1 rings (SSSR count). The molecule has 0 spiro atoms. The van der Waals surface area contributed by atoms with E-state index in [1.54, 1.807) is 19.1 Å². The summed E-state index contributed by atoms with van der Waals surface area (Å²) in [5.41, 5.74) is 7.12. The highest BCUT2D eigenvalue weighted by Crippen LogP contribution is 2.13. The van der Waals surface area contributed by atoms with Crippen LogP contribution in [0.25, 0.3) is 0 Å². The van der Waals surface area contributed by atoms with Crippen molar-refractivity contribution in [3.8, 4) is 5.75 Å². The first-order valence-electron chi connectivity index (χ1n) is 5.35. The van der Waals surface area contributed by atoms with Crippen molar-refractivity contribution in [2.24, 2.45) is 5.73 Å². The van der Waals surface area contributed by atoms with Gasteiger partial charge in [-0.15, -0.1) is 0 Å². The summed E-state index contributed by atoms with van der Waals surface area (Å²) in [7, 11) is 0. The molecular weight excluding hydrogens is 202 g/mol. The van der Waals surface area contributed by atoms with Crippen LogP contribution >= 0.6 is 0 Å². The van der Waals surface area contributed by atoms with Gasteiger partial charge in [0.25, 0.3) is 0 Å². The van der Waals surface area contributed by atoms with Crippen LogP contribution in [0.5, 0.6) is 5.75 Å². The number of esters is 1. The van der Waals surface area contributed by atoms with Crippen molar-refractivity contribution in [1.29, 1.82) is 0 Å². The quantitative estimate of drug-likeness (QED) is 0.480. The summed E-state index contributed by atoms with van der Waals surface area (Å²) in [6.07, 6.45) is 2.67. The molecule has 1 aromatic carbocycles. The second-order valence-electron chi connectivity index (χ2n) is 3.53. The molecule has 3 heteroatoms. The smallest absolute Gasteiger partial charge is 0.338 e. The fourth-order valence-corrected chi connectivity index (χ4v) is 1.27. The van der Waals surface area contributed by atoms with Crippen LogP contribution in [0.1, 0.15) is 25.8 Å². The van der Waals surface area contributed by atoms with Gasteiger partial charge in [0, 0.05) is 12.1 Å². The number of carbonyl (C=O) groups is 1. The van der Waals surface area contributed by atoms with E-state index in [2.05, 4.69) is 0 Å². The van der Waals surface area contributed by atoms with Gasteiger partial charge >= 0.3 is 5.97 Å². The van der Waals surface area contributed by atoms with E-state index in [1.165, 1.54) is 0 Å². The van der Waals surface area contributed by atoms with Crippen LogP contribution in [0, 0.1) is 0 Å². The average Bonchev–Trinajstić information content (AvgIpc) is 2.30. The number of allylic oxidation sites excluding steroid dienone is 1. The standard InChI is InChI=1S/C13H17NO2/c1-3-4-10(2)13(15)16-12-7-5-11(9-14)6-8-12/h4-8H,3,9,14H2,1-2H3. The normalized spacial score (nSPS) is 11.3. The maximum absolute atomic E-state index is 11.5. The number of hydrogen-bond donors (Lipinski definition) is 1. The predicted molar refractivity (Wildman–Crippen MR) is 64.0 cm³/mol. The molecule has 16 heavy (non-hydrogen) atoms. The number of nitrogens with two attached hydrogens (primary N) is 1. The van der Waals surface area contributed by atoms with E-state index >= 15 is 0 Å². The summed E-state index contributed by atoms with van der Waals surface area (Å²) in [5, 5.41) is 0. The van der Waals surface area contributed by atoms with Crippen molar-refractivity contribution in [1.82, 2.24) is 0 Å². The summed E-state index contributed by atoms with van der Waals surface area (Å²) in [6.45, 7) is 4.22. The lowest BCUT2D eigenvalue weighted by atomic mass is 10.2. The fraction of sp³-hybridized carbons (Fsp3) is 0.308. The number of ether oxygens (including phenoxy) is 1. The van der Waals surface area contributed by atoms with Crippen LogP contribution < -0.4 is 10.5 Å². The first-order valence-corrected chi connectivity index (χ1v) is 5.35. The minimum Gasteiger partial charge on any atom is -0.423 e. The highest BCUT2D eigenvalue weighted by molar-refractivity contribution is 5.89. The van der Waals surface area contributed by atoms with Gasteiger partial charge in [-0.2, -0.15) is 0 Å². The summed E-state index contributed by atoms with van der Waals surface area (Å²) in [6, 6.07) is 7.20. The predicted octanol–water partition coefficient (Wildman–Crippen LogP) is 2.41. The van der Waals surface area contributed by atoms with Gasteiger partial charge < -0.3 is 10.5 Å². The molecule has 0 amide bonds. The Labute approximate surface area is 95.9 Å². The number of carbonyl (C=O) groups excluding carboxylic acids is 1. The molecule has 0 atom stereocenters. The third-order valence-corrected chi connectivity index (χ3v) is 2.20. The molecule has 0 fully saturated rings. The molecule has 0 bridgehead atoms. The van der Waals surface area contributed by atoms with Crippen LogP contribution in [-0.4, -0.2) is 5.97 Å². The van der Waals surface area contributed by atoms with E-state index in [1.807, 2.05) is 25.1 Å². The van der Waals surface area contributed by atoms with Crippen molar-refractivity contribution >= 4 is 5.97 Å². The van der Waals surface area contributed by atoms with Crippen molar-refractivity contribution in [2.75, 3.05) is 0 Å².